The van der Waals surface area contributed by atoms with Gasteiger partial charge < -0.3 is 14.4 Å². The number of hydrogen-bond donors (Lipinski definition) is 0. The lowest BCUT2D eigenvalue weighted by Gasteiger charge is -2.26. The van der Waals surface area contributed by atoms with E-state index in [-0.39, 0.29) is 30.3 Å². The van der Waals surface area contributed by atoms with Crippen molar-refractivity contribution in [3.63, 3.8) is 0 Å². The zero-order valence-corrected chi connectivity index (χ0v) is 24.4. The van der Waals surface area contributed by atoms with Crippen molar-refractivity contribution in [3.8, 4) is 22.9 Å². The molecule has 0 aromatic heterocycles. The number of nitriles is 1. The first kappa shape index (κ1) is 29.6. The molecule has 0 radical (unpaired) electrons. The van der Waals surface area contributed by atoms with E-state index >= 15 is 0 Å². The summed E-state index contributed by atoms with van der Waals surface area (Å²) in [6.45, 7) is 0.943. The lowest BCUT2D eigenvalue weighted by atomic mass is 9.87. The molecule has 0 bridgehead atoms. The highest BCUT2D eigenvalue weighted by Crippen LogP contribution is 2.32. The summed E-state index contributed by atoms with van der Waals surface area (Å²) in [5, 5.41) is 9.04. The molecule has 1 aliphatic rings. The Morgan fingerprint density at radius 2 is 1.47 bits per heavy atom. The van der Waals surface area contributed by atoms with Crippen LogP contribution >= 0.6 is 0 Å². The second-order valence-electron chi connectivity index (χ2n) is 10.9. The van der Waals surface area contributed by atoms with Gasteiger partial charge in [0.1, 0.15) is 12.4 Å². The maximum Gasteiger partial charge on any atom is 0.306 e. The van der Waals surface area contributed by atoms with Gasteiger partial charge in [-0.1, -0.05) is 84.9 Å². The van der Waals surface area contributed by atoms with Gasteiger partial charge in [0.2, 0.25) is 5.91 Å². The minimum atomic E-state index is -0.404. The standard InChI is InChI=1S/C37H36N2O4/c1-42-36(40)24-32-23-33(26-43-34-20-18-29(19-21-34)28-16-14-27(25-38)15-17-28)39(37(32)41)22-8-13-35(30-9-4-2-5-10-30)31-11-6-3-7-12-31/h2-7,9-12,14-21,32-33,35H,8,13,22-24,26H2,1H3/t32-,33-/m0/s1. The Morgan fingerprint density at radius 3 is 2.02 bits per heavy atom. The van der Waals surface area contributed by atoms with E-state index in [1.807, 2.05) is 53.4 Å². The number of likely N-dealkylation sites (tertiary alicyclic amines) is 1. The smallest absolute Gasteiger partial charge is 0.306 e. The number of carbonyl (C=O) groups is 2. The summed E-state index contributed by atoms with van der Waals surface area (Å²) >= 11 is 0. The Labute approximate surface area is 253 Å². The molecule has 1 fully saturated rings. The number of nitrogens with zero attached hydrogens (tertiary/aromatic N) is 2. The summed E-state index contributed by atoms with van der Waals surface area (Å²) in [4.78, 5) is 27.5. The summed E-state index contributed by atoms with van der Waals surface area (Å²) in [7, 11) is 1.36. The SMILES string of the molecule is COC(=O)C[C@@H]1C[C@@H](COc2ccc(-c3ccc(C#N)cc3)cc2)N(CCCC(c2ccccc2)c2ccccc2)C1=O. The van der Waals surface area contributed by atoms with Gasteiger partial charge in [0.15, 0.2) is 0 Å². The molecule has 0 saturated carbocycles. The summed E-state index contributed by atoms with van der Waals surface area (Å²) in [6, 6.07) is 38.3. The zero-order valence-electron chi connectivity index (χ0n) is 24.4. The molecule has 1 amide bonds. The Balaban J connectivity index is 1.25. The van der Waals surface area contributed by atoms with Crippen molar-refractivity contribution < 1.29 is 19.1 Å². The van der Waals surface area contributed by atoms with E-state index in [1.54, 1.807) is 12.1 Å². The number of ether oxygens (including phenoxy) is 2. The van der Waals surface area contributed by atoms with E-state index in [2.05, 4.69) is 54.6 Å². The topological polar surface area (TPSA) is 79.6 Å². The maximum absolute atomic E-state index is 13.5. The molecular weight excluding hydrogens is 536 g/mol. The van der Waals surface area contributed by atoms with E-state index in [9.17, 15) is 9.59 Å². The monoisotopic (exact) mass is 572 g/mol. The first-order valence-electron chi connectivity index (χ1n) is 14.8. The summed E-state index contributed by atoms with van der Waals surface area (Å²) in [5.74, 6) is 0.168. The van der Waals surface area contributed by atoms with Crippen LogP contribution in [-0.4, -0.2) is 43.1 Å². The molecule has 218 valence electrons. The van der Waals surface area contributed by atoms with Crippen LogP contribution in [0.5, 0.6) is 5.75 Å². The van der Waals surface area contributed by atoms with Crippen LogP contribution in [0, 0.1) is 17.2 Å². The van der Waals surface area contributed by atoms with Gasteiger partial charge in [-0.05, 0) is 65.8 Å². The molecule has 4 aromatic rings. The highest BCUT2D eigenvalue weighted by atomic mass is 16.5. The average Bonchev–Trinajstić information content (AvgIpc) is 3.36. The van der Waals surface area contributed by atoms with Crippen LogP contribution in [0.3, 0.4) is 0 Å². The van der Waals surface area contributed by atoms with Crippen molar-refractivity contribution in [1.82, 2.24) is 4.90 Å². The Kier molecular flexibility index (Phi) is 9.86. The van der Waals surface area contributed by atoms with Gasteiger partial charge in [-0.25, -0.2) is 0 Å². The lowest BCUT2D eigenvalue weighted by Crippen LogP contribution is -2.38. The van der Waals surface area contributed by atoms with Crippen LogP contribution in [0.25, 0.3) is 11.1 Å². The normalized spacial score (nSPS) is 16.2. The highest BCUT2D eigenvalue weighted by molar-refractivity contribution is 5.86. The zero-order chi connectivity index (χ0) is 30.0. The predicted octanol–water partition coefficient (Wildman–Crippen LogP) is 7.00. The number of hydrogen-bond acceptors (Lipinski definition) is 5. The second kappa shape index (κ2) is 14.3. The summed E-state index contributed by atoms with van der Waals surface area (Å²) in [5.41, 5.74) is 5.19. The quantitative estimate of drug-likeness (QED) is 0.171. The first-order valence-corrected chi connectivity index (χ1v) is 14.8. The number of methoxy groups -OCH3 is 1. The van der Waals surface area contributed by atoms with Crippen LogP contribution in [0.4, 0.5) is 0 Å². The molecule has 2 atom stereocenters. The van der Waals surface area contributed by atoms with Gasteiger partial charge in [-0.3, -0.25) is 9.59 Å². The average molecular weight is 573 g/mol. The van der Waals surface area contributed by atoms with Crippen molar-refractivity contribution in [2.75, 3.05) is 20.3 Å². The van der Waals surface area contributed by atoms with Gasteiger partial charge in [0, 0.05) is 12.5 Å². The van der Waals surface area contributed by atoms with Crippen molar-refractivity contribution in [2.24, 2.45) is 5.92 Å². The van der Waals surface area contributed by atoms with Gasteiger partial charge in [0.05, 0.1) is 37.1 Å². The largest absolute Gasteiger partial charge is 0.491 e. The van der Waals surface area contributed by atoms with Crippen LogP contribution in [-0.2, 0) is 14.3 Å². The number of carbonyl (C=O) groups excluding carboxylic acids is 2. The molecule has 1 aliphatic heterocycles. The molecule has 1 saturated heterocycles. The molecule has 0 N–H and O–H groups in total. The molecule has 4 aromatic carbocycles. The highest BCUT2D eigenvalue weighted by Gasteiger charge is 2.40. The van der Waals surface area contributed by atoms with E-state index < -0.39 is 5.92 Å². The van der Waals surface area contributed by atoms with Gasteiger partial charge in [0.25, 0.3) is 0 Å². The van der Waals surface area contributed by atoms with Gasteiger partial charge >= 0.3 is 5.97 Å². The third-order valence-electron chi connectivity index (χ3n) is 8.21. The minimum absolute atomic E-state index is 0.00821. The fourth-order valence-electron chi connectivity index (χ4n) is 5.91. The molecule has 0 aliphatic carbocycles. The number of rotatable bonds is 12. The van der Waals surface area contributed by atoms with E-state index in [0.717, 1.165) is 29.7 Å². The van der Waals surface area contributed by atoms with E-state index in [1.165, 1.54) is 18.2 Å². The molecule has 5 rings (SSSR count). The Bertz CT molecular complexity index is 1490. The molecule has 6 heteroatoms. The molecule has 0 unspecified atom stereocenters. The Morgan fingerprint density at radius 1 is 0.884 bits per heavy atom. The van der Waals surface area contributed by atoms with Crippen LogP contribution in [0.2, 0.25) is 0 Å². The van der Waals surface area contributed by atoms with Crippen molar-refractivity contribution >= 4 is 11.9 Å². The van der Waals surface area contributed by atoms with E-state index in [4.69, 9.17) is 14.7 Å². The fraction of sp³-hybridized carbons (Fsp3) is 0.270. The molecule has 6 nitrogen and oxygen atoms in total. The first-order chi connectivity index (χ1) is 21.1. The maximum atomic E-state index is 13.5. The van der Waals surface area contributed by atoms with Crippen LogP contribution in [0.15, 0.2) is 109 Å². The van der Waals surface area contributed by atoms with Gasteiger partial charge in [-0.2, -0.15) is 5.26 Å². The number of benzene rings is 4. The minimum Gasteiger partial charge on any atom is -0.491 e. The van der Waals surface area contributed by atoms with Crippen LogP contribution < -0.4 is 4.74 Å². The lowest BCUT2D eigenvalue weighted by molar-refractivity contribution is -0.144. The Hall–Kier alpha value is -4.89. The van der Waals surface area contributed by atoms with E-state index in [0.29, 0.717) is 25.1 Å². The molecule has 43 heavy (non-hydrogen) atoms. The number of amides is 1. The fourth-order valence-corrected chi connectivity index (χ4v) is 5.91. The van der Waals surface area contributed by atoms with Crippen molar-refractivity contribution in [2.45, 2.75) is 37.6 Å². The third kappa shape index (κ3) is 7.50. The summed E-state index contributed by atoms with van der Waals surface area (Å²) in [6.07, 6.45) is 2.35. The predicted molar refractivity (Wildman–Crippen MR) is 166 cm³/mol. The third-order valence-corrected chi connectivity index (χ3v) is 8.21. The molecule has 0 spiro atoms. The van der Waals surface area contributed by atoms with Gasteiger partial charge in [-0.15, -0.1) is 0 Å². The van der Waals surface area contributed by atoms with Crippen molar-refractivity contribution in [1.29, 1.82) is 5.26 Å². The molecule has 1 heterocycles. The second-order valence-corrected chi connectivity index (χ2v) is 10.9. The van der Waals surface area contributed by atoms with Crippen molar-refractivity contribution in [3.05, 3.63) is 126 Å². The summed E-state index contributed by atoms with van der Waals surface area (Å²) < 4.78 is 11.1. The number of esters is 1. The molecular formula is C37H36N2O4. The van der Waals surface area contributed by atoms with Crippen LogP contribution in [0.1, 0.15) is 48.3 Å².